The number of hydrazone groups is 1. The number of hydrogen-bond acceptors (Lipinski definition) is 4. The molecule has 0 aliphatic rings. The molecule has 1 aromatic carbocycles. The molecule has 0 atom stereocenters. The Morgan fingerprint density at radius 2 is 1.90 bits per heavy atom. The lowest BCUT2D eigenvalue weighted by Gasteiger charge is -2.03. The van der Waals surface area contributed by atoms with Gasteiger partial charge in [-0.2, -0.15) is 5.10 Å². The summed E-state index contributed by atoms with van der Waals surface area (Å²) in [5.41, 5.74) is 2.62. The van der Waals surface area contributed by atoms with Crippen molar-refractivity contribution in [1.82, 2.24) is 5.43 Å². The summed E-state index contributed by atoms with van der Waals surface area (Å²) >= 11 is 3.27. The third-order valence-electron chi connectivity index (χ3n) is 2.21. The van der Waals surface area contributed by atoms with E-state index in [1.54, 1.807) is 36.4 Å². The van der Waals surface area contributed by atoms with Crippen molar-refractivity contribution < 1.29 is 14.0 Å². The molecule has 0 aliphatic carbocycles. The van der Waals surface area contributed by atoms with E-state index in [1.807, 2.05) is 0 Å². The van der Waals surface area contributed by atoms with Crippen LogP contribution in [0.4, 0.5) is 5.69 Å². The molecule has 0 radical (unpaired) electrons. The molecular weight excluding hydrogens is 326 g/mol. The van der Waals surface area contributed by atoms with Crippen LogP contribution in [0.15, 0.2) is 56.7 Å². The number of carbonyl (C=O) groups is 2. The molecule has 2 rings (SSSR count). The molecule has 0 unspecified atom stereocenters. The van der Waals surface area contributed by atoms with Crippen molar-refractivity contribution >= 4 is 39.6 Å². The minimum absolute atomic E-state index is 0.471. The van der Waals surface area contributed by atoms with Gasteiger partial charge < -0.3 is 9.73 Å². The standard InChI is InChI=1S/C13H10BrN3O3/c14-9-3-5-10(6-4-9)16-12(18)13(19)17-15-8-11-2-1-7-20-11/h1-8H,(H,16,18)(H,17,19)/b15-8-. The zero-order valence-corrected chi connectivity index (χ0v) is 11.8. The first-order valence-corrected chi connectivity index (χ1v) is 6.38. The number of halogens is 1. The minimum atomic E-state index is -0.865. The predicted molar refractivity (Wildman–Crippen MR) is 77.2 cm³/mol. The Kier molecular flexibility index (Phi) is 4.67. The number of carbonyl (C=O) groups excluding carboxylic acids is 2. The first kappa shape index (κ1) is 14.0. The second-order valence-electron chi connectivity index (χ2n) is 3.68. The molecular formula is C13H10BrN3O3. The van der Waals surface area contributed by atoms with Gasteiger partial charge in [0.2, 0.25) is 0 Å². The number of rotatable bonds is 3. The molecule has 0 saturated heterocycles. The fourth-order valence-corrected chi connectivity index (χ4v) is 1.56. The largest absolute Gasteiger partial charge is 0.463 e. The lowest BCUT2D eigenvalue weighted by atomic mass is 10.3. The van der Waals surface area contributed by atoms with E-state index in [-0.39, 0.29) is 0 Å². The molecule has 0 saturated carbocycles. The molecule has 0 aliphatic heterocycles. The highest BCUT2D eigenvalue weighted by Crippen LogP contribution is 2.13. The van der Waals surface area contributed by atoms with Crippen LogP contribution in [-0.2, 0) is 9.59 Å². The van der Waals surface area contributed by atoms with Crippen molar-refractivity contribution in [3.05, 3.63) is 52.9 Å². The second kappa shape index (κ2) is 6.67. The lowest BCUT2D eigenvalue weighted by Crippen LogP contribution is -2.32. The maximum absolute atomic E-state index is 11.6. The highest BCUT2D eigenvalue weighted by atomic mass is 79.9. The van der Waals surface area contributed by atoms with Gasteiger partial charge in [0, 0.05) is 10.2 Å². The maximum Gasteiger partial charge on any atom is 0.329 e. The van der Waals surface area contributed by atoms with Gasteiger partial charge in [-0.25, -0.2) is 5.43 Å². The molecule has 0 spiro atoms. The molecule has 0 bridgehead atoms. The van der Waals surface area contributed by atoms with Gasteiger partial charge in [0.05, 0.1) is 12.5 Å². The van der Waals surface area contributed by atoms with Crippen LogP contribution >= 0.6 is 15.9 Å². The van der Waals surface area contributed by atoms with Gasteiger partial charge in [-0.05, 0) is 36.4 Å². The lowest BCUT2D eigenvalue weighted by molar-refractivity contribution is -0.136. The van der Waals surface area contributed by atoms with E-state index in [2.05, 4.69) is 31.8 Å². The van der Waals surface area contributed by atoms with Crippen molar-refractivity contribution in [2.45, 2.75) is 0 Å². The van der Waals surface area contributed by atoms with Crippen LogP contribution in [0, 0.1) is 0 Å². The van der Waals surface area contributed by atoms with Gasteiger partial charge >= 0.3 is 11.8 Å². The van der Waals surface area contributed by atoms with Crippen LogP contribution in [0.3, 0.4) is 0 Å². The van der Waals surface area contributed by atoms with E-state index in [0.717, 1.165) is 4.47 Å². The Labute approximate surface area is 123 Å². The first-order chi connectivity index (χ1) is 9.65. The molecule has 0 fully saturated rings. The van der Waals surface area contributed by atoms with E-state index in [1.165, 1.54) is 12.5 Å². The summed E-state index contributed by atoms with van der Waals surface area (Å²) in [6.45, 7) is 0. The minimum Gasteiger partial charge on any atom is -0.463 e. The zero-order chi connectivity index (χ0) is 14.4. The van der Waals surface area contributed by atoms with Crippen LogP contribution in [0.25, 0.3) is 0 Å². The van der Waals surface area contributed by atoms with Crippen LogP contribution in [0.5, 0.6) is 0 Å². The topological polar surface area (TPSA) is 83.7 Å². The average molecular weight is 336 g/mol. The Hall–Kier alpha value is -2.41. The Morgan fingerprint density at radius 1 is 1.15 bits per heavy atom. The van der Waals surface area contributed by atoms with Gasteiger partial charge in [0.1, 0.15) is 5.76 Å². The number of anilines is 1. The summed E-state index contributed by atoms with van der Waals surface area (Å²) in [5.74, 6) is -1.20. The molecule has 1 aromatic heterocycles. The third kappa shape index (κ3) is 4.06. The van der Waals surface area contributed by atoms with Crippen LogP contribution in [0.2, 0.25) is 0 Å². The maximum atomic E-state index is 11.6. The SMILES string of the molecule is O=C(N/N=C\c1ccco1)C(=O)Nc1ccc(Br)cc1. The van der Waals surface area contributed by atoms with E-state index in [9.17, 15) is 9.59 Å². The number of nitrogens with one attached hydrogen (secondary N) is 2. The highest BCUT2D eigenvalue weighted by Gasteiger charge is 2.12. The number of amides is 2. The van der Waals surface area contributed by atoms with Gasteiger partial charge in [-0.1, -0.05) is 15.9 Å². The van der Waals surface area contributed by atoms with Crippen molar-refractivity contribution in [1.29, 1.82) is 0 Å². The van der Waals surface area contributed by atoms with E-state index in [4.69, 9.17) is 4.42 Å². The van der Waals surface area contributed by atoms with Crippen molar-refractivity contribution in [2.75, 3.05) is 5.32 Å². The molecule has 7 heteroatoms. The summed E-state index contributed by atoms with van der Waals surface area (Å²) in [7, 11) is 0. The van der Waals surface area contributed by atoms with Crippen molar-refractivity contribution in [3.63, 3.8) is 0 Å². The molecule has 102 valence electrons. The van der Waals surface area contributed by atoms with Gasteiger partial charge in [0.15, 0.2) is 0 Å². The Morgan fingerprint density at radius 3 is 2.55 bits per heavy atom. The number of furan rings is 1. The average Bonchev–Trinajstić information content (AvgIpc) is 2.94. The van der Waals surface area contributed by atoms with Gasteiger partial charge in [-0.15, -0.1) is 0 Å². The monoisotopic (exact) mass is 335 g/mol. The summed E-state index contributed by atoms with van der Waals surface area (Å²) in [6, 6.07) is 10.2. The molecule has 1 heterocycles. The smallest absolute Gasteiger partial charge is 0.329 e. The summed E-state index contributed by atoms with van der Waals surface area (Å²) < 4.78 is 5.85. The van der Waals surface area contributed by atoms with E-state index in [0.29, 0.717) is 11.4 Å². The molecule has 2 amide bonds. The van der Waals surface area contributed by atoms with E-state index >= 15 is 0 Å². The fourth-order valence-electron chi connectivity index (χ4n) is 1.29. The predicted octanol–water partition coefficient (Wildman–Crippen LogP) is 2.13. The molecule has 20 heavy (non-hydrogen) atoms. The van der Waals surface area contributed by atoms with Crippen LogP contribution in [-0.4, -0.2) is 18.0 Å². The Bertz CT molecular complexity index is 621. The summed E-state index contributed by atoms with van der Waals surface area (Å²) in [4.78, 5) is 23.0. The number of nitrogens with zero attached hydrogens (tertiary/aromatic N) is 1. The molecule has 2 aromatic rings. The number of hydrogen-bond donors (Lipinski definition) is 2. The van der Waals surface area contributed by atoms with Gasteiger partial charge in [-0.3, -0.25) is 9.59 Å². The summed E-state index contributed by atoms with van der Waals surface area (Å²) in [5, 5.41) is 6.05. The quantitative estimate of drug-likeness (QED) is 0.512. The molecule has 2 N–H and O–H groups in total. The normalized spacial score (nSPS) is 10.4. The van der Waals surface area contributed by atoms with E-state index < -0.39 is 11.8 Å². The fraction of sp³-hybridized carbons (Fsp3) is 0. The number of benzene rings is 1. The third-order valence-corrected chi connectivity index (χ3v) is 2.74. The molecule has 6 nitrogen and oxygen atoms in total. The summed E-state index contributed by atoms with van der Waals surface area (Å²) in [6.07, 6.45) is 2.77. The zero-order valence-electron chi connectivity index (χ0n) is 10.2. The first-order valence-electron chi connectivity index (χ1n) is 5.58. The van der Waals surface area contributed by atoms with Crippen molar-refractivity contribution in [3.8, 4) is 0 Å². The Balaban J connectivity index is 1.86. The highest BCUT2D eigenvalue weighted by molar-refractivity contribution is 9.10. The van der Waals surface area contributed by atoms with Crippen molar-refractivity contribution in [2.24, 2.45) is 5.10 Å². The van der Waals surface area contributed by atoms with Gasteiger partial charge in [0.25, 0.3) is 0 Å². The second-order valence-corrected chi connectivity index (χ2v) is 4.59. The van der Waals surface area contributed by atoms with Crippen LogP contribution < -0.4 is 10.7 Å². The van der Waals surface area contributed by atoms with Crippen LogP contribution in [0.1, 0.15) is 5.76 Å².